The van der Waals surface area contributed by atoms with Crippen molar-refractivity contribution in [2.75, 3.05) is 25.6 Å². The fourth-order valence-electron chi connectivity index (χ4n) is 7.56. The fourth-order valence-corrected chi connectivity index (χ4v) is 9.14. The van der Waals surface area contributed by atoms with Gasteiger partial charge in [0.05, 0.1) is 4.90 Å². The summed E-state index contributed by atoms with van der Waals surface area (Å²) in [5.41, 5.74) is 9.46. The molecule has 0 spiro atoms. The zero-order valence-corrected chi connectivity index (χ0v) is 29.3. The van der Waals surface area contributed by atoms with E-state index in [2.05, 4.69) is 17.4 Å². The molecule has 2 N–H and O–H groups in total. The SMILES string of the molecule is Cc1cc(CC(NC(=O)OCC2c3ccccc3-c3ccccc32)C(=O)O)c(C)c2c1CN(S(=O)(=O)c1cccc3c(N(C)C)cccc13)C2. The number of anilines is 1. The molecule has 1 amide bonds. The van der Waals surface area contributed by atoms with Crippen molar-refractivity contribution in [3.05, 3.63) is 130 Å². The zero-order chi connectivity index (χ0) is 35.3. The number of carboxylic acid groups (broad SMARTS) is 1. The summed E-state index contributed by atoms with van der Waals surface area (Å²) in [5.74, 6) is -1.34. The molecule has 1 heterocycles. The standard InChI is InChI=1S/C40H39N3O6S/c1-24-19-26(20-36(39(44)45)41-40(46)49-23-35-29-13-7-5-11-27(29)28-12-6-8-14-30(28)35)25(2)34-22-43(21-33(24)34)50(47,48)38-18-10-15-31-32(38)16-9-17-37(31)42(3)4/h5-19,35-36H,20-23H2,1-4H3,(H,41,46)(H,44,45). The van der Waals surface area contributed by atoms with Gasteiger partial charge in [-0.15, -0.1) is 0 Å². The highest BCUT2D eigenvalue weighted by atomic mass is 32.2. The molecule has 1 aliphatic heterocycles. The number of amides is 1. The molecule has 9 nitrogen and oxygen atoms in total. The number of benzene rings is 5. The second-order valence-corrected chi connectivity index (χ2v) is 15.2. The van der Waals surface area contributed by atoms with Crippen LogP contribution in [0.15, 0.2) is 95.9 Å². The molecular weight excluding hydrogens is 651 g/mol. The number of carboxylic acids is 1. The van der Waals surface area contributed by atoms with Crippen molar-refractivity contribution in [1.29, 1.82) is 0 Å². The Morgan fingerprint density at radius 1 is 0.880 bits per heavy atom. The monoisotopic (exact) mass is 689 g/mol. The third-order valence-electron chi connectivity index (χ3n) is 10.2. The van der Waals surface area contributed by atoms with E-state index in [-0.39, 0.29) is 36.9 Å². The van der Waals surface area contributed by atoms with Crippen LogP contribution in [-0.2, 0) is 39.1 Å². The molecule has 5 aromatic carbocycles. The van der Waals surface area contributed by atoms with Gasteiger partial charge in [0.15, 0.2) is 0 Å². The maximum Gasteiger partial charge on any atom is 0.407 e. The predicted molar refractivity (Wildman–Crippen MR) is 194 cm³/mol. The normalized spacial score (nSPS) is 14.6. The van der Waals surface area contributed by atoms with E-state index < -0.39 is 28.1 Å². The number of aryl methyl sites for hydroxylation is 1. The van der Waals surface area contributed by atoms with Crippen LogP contribution < -0.4 is 10.2 Å². The lowest BCUT2D eigenvalue weighted by molar-refractivity contribution is -0.139. The highest BCUT2D eigenvalue weighted by molar-refractivity contribution is 7.89. The van der Waals surface area contributed by atoms with Gasteiger partial charge in [-0.05, 0) is 76.1 Å². The molecular formula is C40H39N3O6S. The maximum atomic E-state index is 14.2. The van der Waals surface area contributed by atoms with Gasteiger partial charge in [-0.3, -0.25) is 0 Å². The second kappa shape index (κ2) is 12.9. The van der Waals surface area contributed by atoms with Crippen molar-refractivity contribution >= 4 is 38.5 Å². The Bertz CT molecular complexity index is 2240. The van der Waals surface area contributed by atoms with Gasteiger partial charge < -0.3 is 20.1 Å². The van der Waals surface area contributed by atoms with Crippen molar-refractivity contribution in [3.63, 3.8) is 0 Å². The van der Waals surface area contributed by atoms with Gasteiger partial charge in [0.1, 0.15) is 12.6 Å². The van der Waals surface area contributed by atoms with Crippen LogP contribution >= 0.6 is 0 Å². The van der Waals surface area contributed by atoms with Gasteiger partial charge in [-0.1, -0.05) is 78.9 Å². The Hall–Kier alpha value is -5.19. The van der Waals surface area contributed by atoms with Crippen LogP contribution in [0.5, 0.6) is 0 Å². The highest BCUT2D eigenvalue weighted by Crippen LogP contribution is 2.44. The fraction of sp³-hybridized carbons (Fsp3) is 0.250. The Morgan fingerprint density at radius 2 is 1.50 bits per heavy atom. The first kappa shape index (κ1) is 33.3. The first-order valence-corrected chi connectivity index (χ1v) is 18.0. The summed E-state index contributed by atoms with van der Waals surface area (Å²) in [6.45, 7) is 4.25. The average molecular weight is 690 g/mol. The van der Waals surface area contributed by atoms with Crippen LogP contribution in [0.25, 0.3) is 21.9 Å². The Balaban J connectivity index is 1.08. The number of rotatable bonds is 9. The van der Waals surface area contributed by atoms with Gasteiger partial charge in [0, 0.05) is 56.0 Å². The number of fused-ring (bicyclic) bond motifs is 5. The van der Waals surface area contributed by atoms with Crippen molar-refractivity contribution in [2.24, 2.45) is 0 Å². The third-order valence-corrected chi connectivity index (χ3v) is 12.0. The summed E-state index contributed by atoms with van der Waals surface area (Å²) in [7, 11) is -0.0198. The van der Waals surface area contributed by atoms with Crippen LogP contribution in [-0.4, -0.2) is 56.6 Å². The first-order chi connectivity index (χ1) is 24.0. The minimum Gasteiger partial charge on any atom is -0.480 e. The Morgan fingerprint density at radius 3 is 2.16 bits per heavy atom. The Labute approximate surface area is 292 Å². The number of nitrogens with one attached hydrogen (secondary N) is 1. The maximum absolute atomic E-state index is 14.2. The van der Waals surface area contributed by atoms with Crippen LogP contribution in [0.4, 0.5) is 10.5 Å². The Kier molecular flexibility index (Phi) is 8.61. The summed E-state index contributed by atoms with van der Waals surface area (Å²) < 4.78 is 35.5. The molecule has 0 aromatic heterocycles. The topological polar surface area (TPSA) is 116 Å². The summed E-state index contributed by atoms with van der Waals surface area (Å²) in [4.78, 5) is 27.7. The van der Waals surface area contributed by atoms with Gasteiger partial charge in [0.25, 0.3) is 0 Å². The molecule has 1 unspecified atom stereocenters. The number of alkyl carbamates (subject to hydrolysis) is 1. The lowest BCUT2D eigenvalue weighted by Gasteiger charge is -2.20. The van der Waals surface area contributed by atoms with Crippen molar-refractivity contribution in [3.8, 4) is 11.1 Å². The van der Waals surface area contributed by atoms with Crippen LogP contribution in [0.2, 0.25) is 0 Å². The summed E-state index contributed by atoms with van der Waals surface area (Å²) >= 11 is 0. The summed E-state index contributed by atoms with van der Waals surface area (Å²) in [5, 5.41) is 14.2. The minimum atomic E-state index is -3.88. The molecule has 1 aliphatic carbocycles. The molecule has 0 saturated carbocycles. The lowest BCUT2D eigenvalue weighted by Crippen LogP contribution is -2.43. The van der Waals surface area contributed by atoms with E-state index in [4.69, 9.17) is 4.74 Å². The number of hydrogen-bond acceptors (Lipinski definition) is 6. The zero-order valence-electron chi connectivity index (χ0n) is 28.4. The van der Waals surface area contributed by atoms with Gasteiger partial charge in [-0.25, -0.2) is 18.0 Å². The average Bonchev–Trinajstić information content (AvgIpc) is 3.70. The number of nitrogens with zero attached hydrogens (tertiary/aromatic N) is 2. The first-order valence-electron chi connectivity index (χ1n) is 16.6. The van der Waals surface area contributed by atoms with E-state index >= 15 is 0 Å². The molecule has 0 saturated heterocycles. The van der Waals surface area contributed by atoms with E-state index in [1.165, 1.54) is 4.31 Å². The van der Waals surface area contributed by atoms with Crippen LogP contribution in [0.3, 0.4) is 0 Å². The lowest BCUT2D eigenvalue weighted by atomic mass is 9.91. The molecule has 50 heavy (non-hydrogen) atoms. The number of aliphatic carboxylic acids is 1. The summed E-state index contributed by atoms with van der Waals surface area (Å²) in [6.07, 6.45) is -0.789. The van der Waals surface area contributed by atoms with Crippen molar-refractivity contribution in [1.82, 2.24) is 9.62 Å². The van der Waals surface area contributed by atoms with Crippen LogP contribution in [0, 0.1) is 13.8 Å². The van der Waals surface area contributed by atoms with Gasteiger partial charge in [-0.2, -0.15) is 4.31 Å². The molecule has 5 aromatic rings. The molecule has 0 fully saturated rings. The smallest absolute Gasteiger partial charge is 0.407 e. The van der Waals surface area contributed by atoms with Crippen molar-refractivity contribution < 1.29 is 27.9 Å². The number of hydrogen-bond donors (Lipinski definition) is 2. The molecule has 10 heteroatoms. The second-order valence-electron chi connectivity index (χ2n) is 13.3. The van der Waals surface area contributed by atoms with E-state index in [1.807, 2.05) is 99.6 Å². The van der Waals surface area contributed by atoms with E-state index in [1.54, 1.807) is 12.1 Å². The number of sulfonamides is 1. The quantitative estimate of drug-likeness (QED) is 0.176. The molecule has 2 aliphatic rings. The minimum absolute atomic E-state index is 0.0167. The molecule has 0 bridgehead atoms. The number of ether oxygens (including phenoxy) is 1. The number of carbonyl (C=O) groups excluding carboxylic acids is 1. The van der Waals surface area contributed by atoms with Crippen molar-refractivity contribution in [2.45, 2.75) is 50.2 Å². The van der Waals surface area contributed by atoms with Gasteiger partial charge >= 0.3 is 12.1 Å². The molecule has 1 atom stereocenters. The number of carbonyl (C=O) groups is 2. The van der Waals surface area contributed by atoms with E-state index in [0.29, 0.717) is 5.39 Å². The van der Waals surface area contributed by atoms with Crippen LogP contribution in [0.1, 0.15) is 44.9 Å². The highest BCUT2D eigenvalue weighted by Gasteiger charge is 2.35. The largest absolute Gasteiger partial charge is 0.480 e. The molecule has 256 valence electrons. The molecule has 0 radical (unpaired) electrons. The summed E-state index contributed by atoms with van der Waals surface area (Å²) in [6, 6.07) is 27.7. The van der Waals surface area contributed by atoms with Gasteiger partial charge in [0.2, 0.25) is 10.0 Å². The third kappa shape index (κ3) is 5.78. The van der Waals surface area contributed by atoms with E-state index in [0.717, 1.165) is 61.1 Å². The predicted octanol–water partition coefficient (Wildman–Crippen LogP) is 6.76. The van der Waals surface area contributed by atoms with E-state index in [9.17, 15) is 23.1 Å². The molecule has 7 rings (SSSR count).